The molecule has 138 valence electrons. The minimum absolute atomic E-state index is 0.357. The van der Waals surface area contributed by atoms with E-state index in [0.29, 0.717) is 17.8 Å². The van der Waals surface area contributed by atoms with Crippen LogP contribution >= 0.6 is 0 Å². The summed E-state index contributed by atoms with van der Waals surface area (Å²) in [4.78, 5) is 0. The number of anilines is 1. The fraction of sp³-hybridized carbons (Fsp3) is 0.684. The standard InChI is InChI=1S/C19H29N3O2S/c23-25(24,22-18-5-2-1-3-6-18)21-8-4-7-20-19-12-15-9-16(13-19)11-17(10-15)14-19/h1-3,5-6,15-17,20-22H,4,7-14H2. The number of rotatable bonds is 8. The molecular formula is C19H29N3O2S. The molecule has 0 aliphatic heterocycles. The van der Waals surface area contributed by atoms with Gasteiger partial charge in [0.05, 0.1) is 0 Å². The predicted octanol–water partition coefficient (Wildman–Crippen LogP) is 2.88. The van der Waals surface area contributed by atoms with Gasteiger partial charge in [-0.15, -0.1) is 0 Å². The Morgan fingerprint density at radius 2 is 1.52 bits per heavy atom. The predicted molar refractivity (Wildman–Crippen MR) is 101 cm³/mol. The van der Waals surface area contributed by atoms with Gasteiger partial charge in [0, 0.05) is 17.8 Å². The minimum atomic E-state index is -3.49. The number of nitrogens with one attached hydrogen (secondary N) is 3. The third-order valence-corrected chi connectivity index (χ3v) is 7.30. The Bertz CT molecular complexity index is 655. The zero-order valence-corrected chi connectivity index (χ0v) is 15.5. The maximum Gasteiger partial charge on any atom is 0.299 e. The molecule has 0 saturated heterocycles. The van der Waals surface area contributed by atoms with Crippen LogP contribution in [0, 0.1) is 17.8 Å². The number of para-hydroxylation sites is 1. The molecule has 5 rings (SSSR count). The molecule has 4 aliphatic rings. The van der Waals surface area contributed by atoms with Gasteiger partial charge in [0.2, 0.25) is 0 Å². The maximum absolute atomic E-state index is 12.0. The molecule has 0 spiro atoms. The van der Waals surface area contributed by atoms with Gasteiger partial charge in [-0.25, -0.2) is 0 Å². The monoisotopic (exact) mass is 363 g/mol. The summed E-state index contributed by atoms with van der Waals surface area (Å²) in [5.41, 5.74) is 0.942. The van der Waals surface area contributed by atoms with Crippen LogP contribution in [0.5, 0.6) is 0 Å². The summed E-state index contributed by atoms with van der Waals surface area (Å²) in [6.07, 6.45) is 9.17. The SMILES string of the molecule is O=S(=O)(NCCCNC12CC3CC(CC(C3)C1)C2)Nc1ccccc1. The Morgan fingerprint density at radius 3 is 2.12 bits per heavy atom. The molecule has 0 atom stereocenters. The van der Waals surface area contributed by atoms with Gasteiger partial charge in [0.25, 0.3) is 10.2 Å². The van der Waals surface area contributed by atoms with E-state index in [4.69, 9.17) is 0 Å². The molecule has 3 N–H and O–H groups in total. The molecule has 1 aromatic carbocycles. The quantitative estimate of drug-likeness (QED) is 0.622. The van der Waals surface area contributed by atoms with Crippen molar-refractivity contribution in [1.29, 1.82) is 0 Å². The Kier molecular flexibility index (Phi) is 4.77. The largest absolute Gasteiger partial charge is 0.311 e. The van der Waals surface area contributed by atoms with Crippen molar-refractivity contribution >= 4 is 15.9 Å². The molecule has 1 aromatic rings. The van der Waals surface area contributed by atoms with Crippen LogP contribution < -0.4 is 14.8 Å². The van der Waals surface area contributed by atoms with E-state index in [2.05, 4.69) is 14.8 Å². The van der Waals surface area contributed by atoms with E-state index >= 15 is 0 Å². The van der Waals surface area contributed by atoms with Crippen molar-refractivity contribution in [3.8, 4) is 0 Å². The molecule has 6 heteroatoms. The molecule has 4 aliphatic carbocycles. The van der Waals surface area contributed by atoms with Crippen molar-refractivity contribution in [2.75, 3.05) is 17.8 Å². The van der Waals surface area contributed by atoms with Crippen LogP contribution in [-0.2, 0) is 10.2 Å². The van der Waals surface area contributed by atoms with Gasteiger partial charge in [0.15, 0.2) is 0 Å². The van der Waals surface area contributed by atoms with Crippen LogP contribution in [0.1, 0.15) is 44.9 Å². The molecule has 4 fully saturated rings. The summed E-state index contributed by atoms with van der Waals surface area (Å²) in [5, 5.41) is 3.81. The summed E-state index contributed by atoms with van der Waals surface area (Å²) >= 11 is 0. The third kappa shape index (κ3) is 4.18. The zero-order valence-electron chi connectivity index (χ0n) is 14.7. The summed E-state index contributed by atoms with van der Waals surface area (Å²) < 4.78 is 29.3. The lowest BCUT2D eigenvalue weighted by Crippen LogP contribution is -2.58. The average molecular weight is 364 g/mol. The first-order valence-electron chi connectivity index (χ1n) is 9.59. The van der Waals surface area contributed by atoms with E-state index < -0.39 is 10.2 Å². The van der Waals surface area contributed by atoms with Crippen LogP contribution in [-0.4, -0.2) is 27.0 Å². The topological polar surface area (TPSA) is 70.2 Å². The lowest BCUT2D eigenvalue weighted by atomic mass is 9.53. The van der Waals surface area contributed by atoms with E-state index in [1.807, 2.05) is 18.2 Å². The molecule has 0 heterocycles. The van der Waals surface area contributed by atoms with E-state index in [9.17, 15) is 8.42 Å². The molecule has 5 nitrogen and oxygen atoms in total. The smallest absolute Gasteiger partial charge is 0.299 e. The Hall–Kier alpha value is -1.11. The summed E-state index contributed by atoms with van der Waals surface area (Å²) in [6, 6.07) is 8.98. The molecule has 25 heavy (non-hydrogen) atoms. The fourth-order valence-corrected chi connectivity index (χ4v) is 6.60. The number of hydrogen-bond donors (Lipinski definition) is 3. The van der Waals surface area contributed by atoms with Crippen LogP contribution in [0.2, 0.25) is 0 Å². The van der Waals surface area contributed by atoms with Crippen LogP contribution in [0.3, 0.4) is 0 Å². The fourth-order valence-electron chi connectivity index (χ4n) is 5.67. The second-order valence-corrected chi connectivity index (χ2v) is 9.84. The number of hydrogen-bond acceptors (Lipinski definition) is 3. The first-order valence-corrected chi connectivity index (χ1v) is 11.1. The van der Waals surface area contributed by atoms with Crippen molar-refractivity contribution in [2.24, 2.45) is 17.8 Å². The maximum atomic E-state index is 12.0. The highest BCUT2D eigenvalue weighted by Crippen LogP contribution is 2.55. The van der Waals surface area contributed by atoms with Crippen molar-refractivity contribution in [3.63, 3.8) is 0 Å². The molecule has 0 amide bonds. The minimum Gasteiger partial charge on any atom is -0.311 e. The summed E-state index contributed by atoms with van der Waals surface area (Å²) in [7, 11) is -3.49. The van der Waals surface area contributed by atoms with Gasteiger partial charge in [-0.3, -0.25) is 4.72 Å². The molecular weight excluding hydrogens is 334 g/mol. The molecule has 0 radical (unpaired) electrons. The lowest BCUT2D eigenvalue weighted by Gasteiger charge is -2.57. The zero-order chi connectivity index (χ0) is 17.3. The van der Waals surface area contributed by atoms with E-state index in [1.54, 1.807) is 12.1 Å². The second-order valence-electron chi connectivity index (χ2n) is 8.34. The Labute approximate surface area is 151 Å². The first kappa shape index (κ1) is 17.3. The summed E-state index contributed by atoms with van der Waals surface area (Å²) in [5.74, 6) is 2.81. The van der Waals surface area contributed by atoms with E-state index in [-0.39, 0.29) is 0 Å². The van der Waals surface area contributed by atoms with Crippen molar-refractivity contribution in [3.05, 3.63) is 30.3 Å². The molecule has 0 aromatic heterocycles. The molecule has 4 bridgehead atoms. The van der Waals surface area contributed by atoms with E-state index in [1.165, 1.54) is 38.5 Å². The first-order chi connectivity index (χ1) is 12.0. The van der Waals surface area contributed by atoms with Crippen molar-refractivity contribution in [2.45, 2.75) is 50.5 Å². The normalized spacial score (nSPS) is 33.5. The Morgan fingerprint density at radius 1 is 0.920 bits per heavy atom. The summed E-state index contributed by atoms with van der Waals surface area (Å²) in [6.45, 7) is 1.35. The highest BCUT2D eigenvalue weighted by molar-refractivity contribution is 7.90. The molecule has 4 saturated carbocycles. The number of benzene rings is 1. The third-order valence-electron chi connectivity index (χ3n) is 6.21. The highest BCUT2D eigenvalue weighted by Gasteiger charge is 2.50. The van der Waals surface area contributed by atoms with Gasteiger partial charge in [-0.2, -0.15) is 13.1 Å². The van der Waals surface area contributed by atoms with Gasteiger partial charge in [-0.05, 0) is 81.4 Å². The van der Waals surface area contributed by atoms with Gasteiger partial charge >= 0.3 is 0 Å². The highest BCUT2D eigenvalue weighted by atomic mass is 32.2. The average Bonchev–Trinajstić information content (AvgIpc) is 2.53. The van der Waals surface area contributed by atoms with Crippen LogP contribution in [0.4, 0.5) is 5.69 Å². The Balaban J connectivity index is 1.20. The van der Waals surface area contributed by atoms with Crippen molar-refractivity contribution < 1.29 is 8.42 Å². The van der Waals surface area contributed by atoms with Gasteiger partial charge in [0.1, 0.15) is 0 Å². The molecule has 0 unspecified atom stereocenters. The van der Waals surface area contributed by atoms with Gasteiger partial charge < -0.3 is 5.32 Å². The van der Waals surface area contributed by atoms with Gasteiger partial charge in [-0.1, -0.05) is 18.2 Å². The van der Waals surface area contributed by atoms with Crippen molar-refractivity contribution in [1.82, 2.24) is 10.0 Å². The van der Waals surface area contributed by atoms with Crippen LogP contribution in [0.15, 0.2) is 30.3 Å². The lowest BCUT2D eigenvalue weighted by molar-refractivity contribution is -0.0194. The van der Waals surface area contributed by atoms with Crippen LogP contribution in [0.25, 0.3) is 0 Å². The second kappa shape index (κ2) is 6.89. The van der Waals surface area contributed by atoms with E-state index in [0.717, 1.165) is 30.7 Å².